The number of benzene rings is 2. The number of nitrogens with one attached hydrogen (secondary N) is 1. The molecule has 11 heteroatoms. The van der Waals surface area contributed by atoms with Crippen LogP contribution in [-0.2, 0) is 27.4 Å². The normalized spacial score (nSPS) is 27.5. The fourth-order valence-corrected chi connectivity index (χ4v) is 6.98. The van der Waals surface area contributed by atoms with Crippen LogP contribution in [0.1, 0.15) is 86.5 Å². The number of aliphatic hydroxyl groups excluding tert-OH is 1. The van der Waals surface area contributed by atoms with Crippen LogP contribution in [-0.4, -0.2) is 53.4 Å². The lowest BCUT2D eigenvalue weighted by atomic mass is 9.73. The number of likely N-dealkylation sites (tertiary alicyclic amines) is 1. The smallest absolute Gasteiger partial charge is 0.391 e. The van der Waals surface area contributed by atoms with Crippen LogP contribution in [0.4, 0.5) is 26.3 Å². The van der Waals surface area contributed by atoms with E-state index in [1.165, 1.54) is 6.92 Å². The Morgan fingerprint density at radius 1 is 0.907 bits per heavy atom. The maximum atomic E-state index is 13.6. The van der Waals surface area contributed by atoms with Gasteiger partial charge in [-0.05, 0) is 87.6 Å². The average molecular weight is 613 g/mol. The zero-order valence-corrected chi connectivity index (χ0v) is 24.1. The quantitative estimate of drug-likeness (QED) is 0.365. The van der Waals surface area contributed by atoms with Crippen LogP contribution in [0.5, 0.6) is 0 Å². The molecule has 3 fully saturated rings. The zero-order chi connectivity index (χ0) is 31.0. The molecule has 1 amide bonds. The molecule has 2 heterocycles. The van der Waals surface area contributed by atoms with E-state index in [1.54, 1.807) is 0 Å². The standard InChI is InChI=1S/C32H38F6N2O3/c1-21(22-17-24(31(33,34)35)19-25(18-22)32(36,37)38)28(42)39-30(23-5-3-2-4-6-23)11-7-26(8-12-30)40-15-13-29(14-16-40)10-9-27(41)20-43-29/h2-6,17-19,21,26-27,41H,7-16,20H2,1H3,(H,39,42)/t21-,26?,27-,30?/m0/s1. The molecule has 0 radical (unpaired) electrons. The van der Waals surface area contributed by atoms with Gasteiger partial charge < -0.3 is 20.1 Å². The summed E-state index contributed by atoms with van der Waals surface area (Å²) in [4.78, 5) is 16.0. The second-order valence-electron chi connectivity index (χ2n) is 12.5. The van der Waals surface area contributed by atoms with Crippen molar-refractivity contribution in [3.05, 3.63) is 70.8 Å². The molecule has 2 aromatic rings. The van der Waals surface area contributed by atoms with Gasteiger partial charge in [0.25, 0.3) is 0 Å². The van der Waals surface area contributed by atoms with Crippen molar-refractivity contribution in [1.29, 1.82) is 0 Å². The van der Waals surface area contributed by atoms with Gasteiger partial charge in [0.2, 0.25) is 5.91 Å². The highest BCUT2D eigenvalue weighted by atomic mass is 19.4. The lowest BCUT2D eigenvalue weighted by Gasteiger charge is -2.49. The first kappa shape index (κ1) is 31.8. The molecule has 43 heavy (non-hydrogen) atoms. The predicted octanol–water partition coefficient (Wildman–Crippen LogP) is 6.79. The fraction of sp³-hybridized carbons (Fsp3) is 0.594. The molecule has 5 nitrogen and oxygen atoms in total. The van der Waals surface area contributed by atoms with Gasteiger partial charge in [-0.3, -0.25) is 4.79 Å². The molecule has 5 rings (SSSR count). The summed E-state index contributed by atoms with van der Waals surface area (Å²) in [5, 5.41) is 12.9. The Kier molecular flexibility index (Phi) is 8.90. The second kappa shape index (κ2) is 12.0. The van der Waals surface area contributed by atoms with E-state index in [9.17, 15) is 36.2 Å². The van der Waals surface area contributed by atoms with Gasteiger partial charge in [-0.2, -0.15) is 26.3 Å². The molecule has 2 N–H and O–H groups in total. The number of amides is 1. The van der Waals surface area contributed by atoms with Crippen LogP contribution in [0, 0.1) is 0 Å². The van der Waals surface area contributed by atoms with Gasteiger partial charge in [0.05, 0.1) is 40.9 Å². The Morgan fingerprint density at radius 2 is 1.49 bits per heavy atom. The largest absolute Gasteiger partial charge is 0.416 e. The minimum absolute atomic E-state index is 0.0764. The summed E-state index contributed by atoms with van der Waals surface area (Å²) in [6, 6.07) is 11.0. The number of ether oxygens (including phenoxy) is 1. The molecule has 2 atom stereocenters. The van der Waals surface area contributed by atoms with Crippen molar-refractivity contribution in [2.75, 3.05) is 19.7 Å². The highest BCUT2D eigenvalue weighted by molar-refractivity contribution is 5.84. The Bertz CT molecular complexity index is 1220. The number of piperidine rings is 1. The molecular weight excluding hydrogens is 574 g/mol. The molecule has 3 aliphatic rings. The molecule has 2 saturated heterocycles. The van der Waals surface area contributed by atoms with E-state index in [1.807, 2.05) is 30.3 Å². The number of hydrogen-bond acceptors (Lipinski definition) is 4. The van der Waals surface area contributed by atoms with Gasteiger partial charge in [-0.15, -0.1) is 0 Å². The molecule has 2 aliphatic heterocycles. The highest BCUT2D eigenvalue weighted by Crippen LogP contribution is 2.43. The predicted molar refractivity (Wildman–Crippen MR) is 148 cm³/mol. The third-order valence-corrected chi connectivity index (χ3v) is 9.74. The van der Waals surface area contributed by atoms with E-state index in [0.29, 0.717) is 31.6 Å². The molecule has 1 spiro atoms. The van der Waals surface area contributed by atoms with Gasteiger partial charge >= 0.3 is 12.4 Å². The maximum Gasteiger partial charge on any atom is 0.416 e. The number of carbonyl (C=O) groups is 1. The molecule has 0 unspecified atom stereocenters. The fourth-order valence-electron chi connectivity index (χ4n) is 6.98. The summed E-state index contributed by atoms with van der Waals surface area (Å²) < 4.78 is 86.9. The molecule has 1 saturated carbocycles. The van der Waals surface area contributed by atoms with Crippen LogP contribution < -0.4 is 5.32 Å². The van der Waals surface area contributed by atoms with E-state index >= 15 is 0 Å². The Morgan fingerprint density at radius 3 is 2.00 bits per heavy atom. The first-order valence-electron chi connectivity index (χ1n) is 14.9. The van der Waals surface area contributed by atoms with Crippen LogP contribution in [0.3, 0.4) is 0 Å². The Balaban J connectivity index is 1.31. The Labute approximate surface area is 247 Å². The topological polar surface area (TPSA) is 61.8 Å². The van der Waals surface area contributed by atoms with Crippen LogP contribution >= 0.6 is 0 Å². The number of nitrogens with zero attached hydrogens (tertiary/aromatic N) is 1. The molecule has 2 aromatic carbocycles. The van der Waals surface area contributed by atoms with Crippen LogP contribution in [0.15, 0.2) is 48.5 Å². The van der Waals surface area contributed by atoms with Crippen molar-refractivity contribution in [3.63, 3.8) is 0 Å². The summed E-state index contributed by atoms with van der Waals surface area (Å²) in [7, 11) is 0. The first-order chi connectivity index (χ1) is 20.2. The van der Waals surface area contributed by atoms with Crippen molar-refractivity contribution in [2.24, 2.45) is 0 Å². The Hall–Kier alpha value is -2.63. The van der Waals surface area contributed by atoms with Gasteiger partial charge in [-0.1, -0.05) is 30.3 Å². The minimum Gasteiger partial charge on any atom is -0.391 e. The molecule has 236 valence electrons. The second-order valence-corrected chi connectivity index (χ2v) is 12.5. The van der Waals surface area contributed by atoms with Gasteiger partial charge in [-0.25, -0.2) is 0 Å². The average Bonchev–Trinajstić information content (AvgIpc) is 2.98. The molecule has 0 aromatic heterocycles. The summed E-state index contributed by atoms with van der Waals surface area (Å²) in [6.45, 7) is 3.46. The van der Waals surface area contributed by atoms with Gasteiger partial charge in [0, 0.05) is 19.1 Å². The van der Waals surface area contributed by atoms with Gasteiger partial charge in [0.15, 0.2) is 0 Å². The first-order valence-corrected chi connectivity index (χ1v) is 14.9. The summed E-state index contributed by atoms with van der Waals surface area (Å²) >= 11 is 0. The number of halogens is 6. The van der Waals surface area contributed by atoms with E-state index in [4.69, 9.17) is 4.74 Å². The van der Waals surface area contributed by atoms with E-state index in [-0.39, 0.29) is 23.3 Å². The van der Waals surface area contributed by atoms with Crippen molar-refractivity contribution < 1.29 is 41.0 Å². The van der Waals surface area contributed by atoms with Crippen molar-refractivity contribution in [3.8, 4) is 0 Å². The SMILES string of the molecule is C[C@H](C(=O)NC1(c2ccccc2)CCC(N2CCC3(CC[C@H](O)CO3)CC2)CC1)c1cc(C(F)(F)F)cc(C(F)(F)F)c1. The van der Waals surface area contributed by atoms with Crippen LogP contribution in [0.2, 0.25) is 0 Å². The summed E-state index contributed by atoms with van der Waals surface area (Å²) in [5.74, 6) is -1.86. The number of rotatable bonds is 5. The minimum atomic E-state index is -4.99. The molecule has 0 bridgehead atoms. The number of alkyl halides is 6. The lowest BCUT2D eigenvalue weighted by Crippen LogP contribution is -2.55. The monoisotopic (exact) mass is 612 g/mol. The summed E-state index contributed by atoms with van der Waals surface area (Å²) in [5.41, 5.74) is -3.31. The lowest BCUT2D eigenvalue weighted by molar-refractivity contribution is -0.150. The zero-order valence-electron chi connectivity index (χ0n) is 24.1. The number of carbonyl (C=O) groups excluding carboxylic acids is 1. The van der Waals surface area contributed by atoms with E-state index in [0.717, 1.165) is 57.2 Å². The van der Waals surface area contributed by atoms with Crippen molar-refractivity contribution in [1.82, 2.24) is 10.2 Å². The third-order valence-electron chi connectivity index (χ3n) is 9.74. The van der Waals surface area contributed by atoms with Crippen molar-refractivity contribution in [2.45, 2.75) is 99.8 Å². The highest BCUT2D eigenvalue weighted by Gasteiger charge is 2.44. The summed E-state index contributed by atoms with van der Waals surface area (Å²) in [6.07, 6.45) is -4.27. The number of aliphatic hydroxyl groups is 1. The van der Waals surface area contributed by atoms with E-state index < -0.39 is 46.9 Å². The van der Waals surface area contributed by atoms with E-state index in [2.05, 4.69) is 10.2 Å². The molecular formula is C32H38F6N2O3. The third kappa shape index (κ3) is 7.04. The molecule has 1 aliphatic carbocycles. The number of hydrogen-bond donors (Lipinski definition) is 2. The van der Waals surface area contributed by atoms with Crippen molar-refractivity contribution >= 4 is 5.91 Å². The van der Waals surface area contributed by atoms with Crippen LogP contribution in [0.25, 0.3) is 0 Å². The van der Waals surface area contributed by atoms with Gasteiger partial charge in [0.1, 0.15) is 0 Å². The maximum absolute atomic E-state index is 13.6.